The summed E-state index contributed by atoms with van der Waals surface area (Å²) in [6.45, 7) is 6.70. The van der Waals surface area contributed by atoms with E-state index in [1.165, 1.54) is 0 Å². The summed E-state index contributed by atoms with van der Waals surface area (Å²) in [5, 5.41) is 7.29. The zero-order chi connectivity index (χ0) is 17.8. The van der Waals surface area contributed by atoms with Crippen molar-refractivity contribution in [3.63, 3.8) is 0 Å². The first-order valence-electron chi connectivity index (χ1n) is 7.85. The molecular formula is C17H18ClN3O3S. The molecule has 0 unspecified atom stereocenters. The largest absolute Gasteiger partial charge is 0.486 e. The molecule has 0 amide bonds. The first kappa shape index (κ1) is 17.8. The van der Waals surface area contributed by atoms with Crippen molar-refractivity contribution in [3.8, 4) is 17.2 Å². The SMILES string of the molecule is CCO[C@@H](C)c1nc(COc2ccc(Cl)cc2-c2nc(C)no2)cs1. The van der Waals surface area contributed by atoms with Crippen molar-refractivity contribution in [1.29, 1.82) is 0 Å². The molecule has 0 bridgehead atoms. The lowest BCUT2D eigenvalue weighted by atomic mass is 10.2. The summed E-state index contributed by atoms with van der Waals surface area (Å²) in [6.07, 6.45) is -0.0174. The number of hydrogen-bond acceptors (Lipinski definition) is 7. The van der Waals surface area contributed by atoms with Crippen molar-refractivity contribution >= 4 is 22.9 Å². The molecule has 0 fully saturated rings. The maximum atomic E-state index is 6.09. The minimum atomic E-state index is -0.0174. The second-order valence-electron chi connectivity index (χ2n) is 5.35. The van der Waals surface area contributed by atoms with Crippen LogP contribution in [0.15, 0.2) is 28.1 Å². The van der Waals surface area contributed by atoms with E-state index in [1.807, 2.05) is 19.2 Å². The van der Waals surface area contributed by atoms with Gasteiger partial charge in [0.1, 0.15) is 23.5 Å². The van der Waals surface area contributed by atoms with Crippen LogP contribution in [-0.4, -0.2) is 21.7 Å². The van der Waals surface area contributed by atoms with E-state index in [2.05, 4.69) is 15.1 Å². The molecule has 3 rings (SSSR count). The lowest BCUT2D eigenvalue weighted by Gasteiger charge is -2.09. The summed E-state index contributed by atoms with van der Waals surface area (Å²) < 4.78 is 16.7. The quantitative estimate of drug-likeness (QED) is 0.585. The highest BCUT2D eigenvalue weighted by molar-refractivity contribution is 7.09. The Morgan fingerprint density at radius 2 is 2.16 bits per heavy atom. The number of thiazole rings is 1. The highest BCUT2D eigenvalue weighted by Crippen LogP contribution is 2.32. The number of ether oxygens (including phenoxy) is 2. The molecule has 3 aromatic rings. The third kappa shape index (κ3) is 4.36. The summed E-state index contributed by atoms with van der Waals surface area (Å²) in [5.41, 5.74) is 1.50. The first-order valence-corrected chi connectivity index (χ1v) is 9.11. The molecule has 0 aliphatic rings. The zero-order valence-corrected chi connectivity index (χ0v) is 15.7. The number of nitrogens with zero attached hydrogens (tertiary/aromatic N) is 3. The van der Waals surface area contributed by atoms with E-state index in [9.17, 15) is 0 Å². The summed E-state index contributed by atoms with van der Waals surface area (Å²) in [4.78, 5) is 8.80. The van der Waals surface area contributed by atoms with Crippen LogP contribution in [0.1, 0.15) is 36.5 Å². The number of aromatic nitrogens is 3. The van der Waals surface area contributed by atoms with Gasteiger partial charge in [0, 0.05) is 17.0 Å². The lowest BCUT2D eigenvalue weighted by molar-refractivity contribution is 0.0760. The van der Waals surface area contributed by atoms with E-state index in [0.717, 1.165) is 10.7 Å². The van der Waals surface area contributed by atoms with E-state index in [-0.39, 0.29) is 6.10 Å². The van der Waals surface area contributed by atoms with Crippen LogP contribution >= 0.6 is 22.9 Å². The van der Waals surface area contributed by atoms with Crippen LogP contribution in [0.3, 0.4) is 0 Å². The van der Waals surface area contributed by atoms with Gasteiger partial charge in [-0.15, -0.1) is 11.3 Å². The highest BCUT2D eigenvalue weighted by Gasteiger charge is 2.15. The minimum absolute atomic E-state index is 0.0174. The normalized spacial score (nSPS) is 12.3. The Morgan fingerprint density at radius 3 is 2.88 bits per heavy atom. The predicted octanol–water partition coefficient (Wildman–Crippen LogP) is 4.83. The summed E-state index contributed by atoms with van der Waals surface area (Å²) >= 11 is 7.65. The van der Waals surface area contributed by atoms with Gasteiger partial charge in [0.15, 0.2) is 5.82 Å². The Labute approximate surface area is 154 Å². The molecule has 1 aromatic carbocycles. The average molecular weight is 380 g/mol. The molecule has 8 heteroatoms. The zero-order valence-electron chi connectivity index (χ0n) is 14.2. The van der Waals surface area contributed by atoms with Crippen LogP contribution in [0.25, 0.3) is 11.5 Å². The van der Waals surface area contributed by atoms with E-state index < -0.39 is 0 Å². The molecule has 1 atom stereocenters. The van der Waals surface area contributed by atoms with Crippen molar-refractivity contribution in [2.75, 3.05) is 6.61 Å². The van der Waals surface area contributed by atoms with Crippen molar-refractivity contribution in [1.82, 2.24) is 15.1 Å². The number of halogens is 1. The number of aryl methyl sites for hydroxylation is 1. The predicted molar refractivity (Wildman–Crippen MR) is 96.0 cm³/mol. The minimum Gasteiger partial charge on any atom is -0.486 e. The molecule has 0 spiro atoms. The Morgan fingerprint density at radius 1 is 1.32 bits per heavy atom. The molecule has 0 radical (unpaired) electrons. The van der Waals surface area contributed by atoms with Crippen LogP contribution in [0.5, 0.6) is 5.75 Å². The van der Waals surface area contributed by atoms with Gasteiger partial charge in [0.05, 0.1) is 11.3 Å². The van der Waals surface area contributed by atoms with Crippen molar-refractivity contribution in [2.45, 2.75) is 33.5 Å². The summed E-state index contributed by atoms with van der Waals surface area (Å²) in [5.74, 6) is 1.54. The smallest absolute Gasteiger partial charge is 0.261 e. The standard InChI is InChI=1S/C17H18ClN3O3S/c1-4-22-10(2)17-20-13(9-25-17)8-23-15-6-5-12(18)7-14(15)16-19-11(3)21-24-16/h5-7,9-10H,4,8H2,1-3H3/t10-/m0/s1. The maximum Gasteiger partial charge on any atom is 0.261 e. The van der Waals surface area contributed by atoms with Gasteiger partial charge in [0.2, 0.25) is 0 Å². The van der Waals surface area contributed by atoms with E-state index in [1.54, 1.807) is 36.5 Å². The van der Waals surface area contributed by atoms with Gasteiger partial charge in [-0.2, -0.15) is 4.98 Å². The first-order chi connectivity index (χ1) is 12.1. The third-order valence-electron chi connectivity index (χ3n) is 3.41. The molecule has 0 saturated heterocycles. The third-order valence-corrected chi connectivity index (χ3v) is 4.70. The molecule has 2 heterocycles. The molecule has 6 nitrogen and oxygen atoms in total. The summed E-state index contributed by atoms with van der Waals surface area (Å²) in [6, 6.07) is 5.29. The Balaban J connectivity index is 1.75. The second-order valence-corrected chi connectivity index (χ2v) is 6.68. The molecular weight excluding hydrogens is 362 g/mol. The van der Waals surface area contributed by atoms with Gasteiger partial charge in [0.25, 0.3) is 5.89 Å². The maximum absolute atomic E-state index is 6.09. The number of hydrogen-bond donors (Lipinski definition) is 0. The Kier molecular flexibility index (Phi) is 5.67. The van der Waals surface area contributed by atoms with Crippen LogP contribution in [0, 0.1) is 6.92 Å². The fourth-order valence-electron chi connectivity index (χ4n) is 2.25. The van der Waals surface area contributed by atoms with Gasteiger partial charge in [-0.25, -0.2) is 4.98 Å². The van der Waals surface area contributed by atoms with E-state index >= 15 is 0 Å². The van der Waals surface area contributed by atoms with Crippen molar-refractivity contribution in [3.05, 3.63) is 45.1 Å². The van der Waals surface area contributed by atoms with E-state index in [4.69, 9.17) is 25.6 Å². The van der Waals surface area contributed by atoms with Gasteiger partial charge >= 0.3 is 0 Å². The fraction of sp³-hybridized carbons (Fsp3) is 0.353. The Hall–Kier alpha value is -1.96. The highest BCUT2D eigenvalue weighted by atomic mass is 35.5. The molecule has 0 N–H and O–H groups in total. The van der Waals surface area contributed by atoms with Crippen LogP contribution in [-0.2, 0) is 11.3 Å². The number of benzene rings is 1. The topological polar surface area (TPSA) is 70.3 Å². The van der Waals surface area contributed by atoms with Crippen LogP contribution < -0.4 is 4.74 Å². The van der Waals surface area contributed by atoms with Crippen molar-refractivity contribution < 1.29 is 14.0 Å². The van der Waals surface area contributed by atoms with Gasteiger partial charge < -0.3 is 14.0 Å². The molecule has 0 aliphatic heterocycles. The summed E-state index contributed by atoms with van der Waals surface area (Å²) in [7, 11) is 0. The number of rotatable bonds is 7. The average Bonchev–Trinajstić information content (AvgIpc) is 3.23. The molecule has 25 heavy (non-hydrogen) atoms. The monoisotopic (exact) mass is 379 g/mol. The van der Waals surface area contributed by atoms with Gasteiger partial charge in [-0.3, -0.25) is 0 Å². The molecule has 2 aromatic heterocycles. The second kappa shape index (κ2) is 7.95. The van der Waals surface area contributed by atoms with Crippen molar-refractivity contribution in [2.24, 2.45) is 0 Å². The molecule has 0 saturated carbocycles. The van der Waals surface area contributed by atoms with Gasteiger partial charge in [-0.05, 0) is 39.0 Å². The molecule has 0 aliphatic carbocycles. The fourth-order valence-corrected chi connectivity index (χ4v) is 3.23. The van der Waals surface area contributed by atoms with E-state index in [0.29, 0.717) is 41.3 Å². The molecule has 132 valence electrons. The van der Waals surface area contributed by atoms with Gasteiger partial charge in [-0.1, -0.05) is 16.8 Å². The Bertz CT molecular complexity index is 849. The lowest BCUT2D eigenvalue weighted by Crippen LogP contribution is -2.01. The van der Waals surface area contributed by atoms with Crippen LogP contribution in [0.4, 0.5) is 0 Å². The van der Waals surface area contributed by atoms with Crippen LogP contribution in [0.2, 0.25) is 5.02 Å².